The molecule has 0 spiro atoms. The zero-order chi connectivity index (χ0) is 17.9. The maximum atomic E-state index is 13.1. The van der Waals surface area contributed by atoms with E-state index in [2.05, 4.69) is 10.5 Å². The molecular weight excluding hydrogens is 340 g/mol. The molecule has 0 aromatic heterocycles. The van der Waals surface area contributed by atoms with E-state index in [1.807, 2.05) is 18.2 Å². The van der Waals surface area contributed by atoms with Crippen LogP contribution in [0.25, 0.3) is 0 Å². The summed E-state index contributed by atoms with van der Waals surface area (Å²) in [4.78, 5) is 0. The van der Waals surface area contributed by atoms with Crippen molar-refractivity contribution in [2.45, 2.75) is 6.42 Å². The summed E-state index contributed by atoms with van der Waals surface area (Å²) >= 11 is 0. The van der Waals surface area contributed by atoms with Crippen molar-refractivity contribution in [1.82, 2.24) is 5.32 Å². The average Bonchev–Trinajstić information content (AvgIpc) is 2.85. The van der Waals surface area contributed by atoms with E-state index < -0.39 is 10.2 Å². The van der Waals surface area contributed by atoms with Gasteiger partial charge in [-0.2, -0.15) is 8.42 Å². The molecule has 0 unspecified atom stereocenters. The van der Waals surface area contributed by atoms with Gasteiger partial charge in [0.15, 0.2) is 0 Å². The lowest BCUT2D eigenvalue weighted by Gasteiger charge is -2.21. The Bertz CT molecular complexity index is 868. The summed E-state index contributed by atoms with van der Waals surface area (Å²) in [6, 6.07) is 16.2. The van der Waals surface area contributed by atoms with Crippen LogP contribution in [0.1, 0.15) is 6.42 Å². The number of rotatable bonds is 6. The molecule has 0 bridgehead atoms. The summed E-state index contributed by atoms with van der Waals surface area (Å²) in [6.07, 6.45) is 0.327. The quantitative estimate of drug-likeness (QED) is 0.470. The Morgan fingerprint density at radius 2 is 1.72 bits per heavy atom. The van der Waals surface area contributed by atoms with E-state index in [0.717, 1.165) is 0 Å². The van der Waals surface area contributed by atoms with Gasteiger partial charge in [0.25, 0.3) is 0 Å². The van der Waals surface area contributed by atoms with E-state index in [9.17, 15) is 8.42 Å². The highest BCUT2D eigenvalue weighted by atomic mass is 32.2. The molecule has 0 radical (unpaired) electrons. The number of para-hydroxylation sites is 3. The smallest absolute Gasteiger partial charge is 0.330 e. The van der Waals surface area contributed by atoms with Crippen LogP contribution in [0, 0.1) is 0 Å². The molecule has 0 saturated heterocycles. The molecule has 0 atom stereocenters. The van der Waals surface area contributed by atoms with Gasteiger partial charge >= 0.3 is 10.2 Å². The Morgan fingerprint density at radius 3 is 2.36 bits per heavy atom. The van der Waals surface area contributed by atoms with Crippen LogP contribution >= 0.6 is 0 Å². The second-order valence-corrected chi connectivity index (χ2v) is 7.32. The van der Waals surface area contributed by atoms with Crippen molar-refractivity contribution in [2.75, 3.05) is 28.7 Å². The zero-order valence-electron chi connectivity index (χ0n) is 13.8. The minimum atomic E-state index is -3.75. The number of oxime groups is 1. The molecule has 0 fully saturated rings. The van der Waals surface area contributed by atoms with Gasteiger partial charge in [0.05, 0.1) is 22.8 Å². The van der Waals surface area contributed by atoms with E-state index in [-0.39, 0.29) is 6.54 Å². The van der Waals surface area contributed by atoms with Crippen molar-refractivity contribution < 1.29 is 13.6 Å². The van der Waals surface area contributed by atoms with E-state index >= 15 is 0 Å². The minimum Gasteiger partial charge on any atom is -0.411 e. The fourth-order valence-corrected chi connectivity index (χ4v) is 4.59. The summed E-state index contributed by atoms with van der Waals surface area (Å²) in [5, 5.41) is 15.2. The van der Waals surface area contributed by atoms with Crippen LogP contribution in [0.3, 0.4) is 0 Å². The fraction of sp³-hybridized carbons (Fsp3) is 0.235. The van der Waals surface area contributed by atoms with E-state index in [0.29, 0.717) is 35.7 Å². The summed E-state index contributed by atoms with van der Waals surface area (Å²) in [6.45, 7) is 0.595. The molecule has 2 aromatic carbocycles. The third-order valence-electron chi connectivity index (χ3n) is 3.99. The first kappa shape index (κ1) is 17.2. The van der Waals surface area contributed by atoms with Crippen LogP contribution < -0.4 is 13.9 Å². The molecule has 2 aromatic rings. The zero-order valence-corrected chi connectivity index (χ0v) is 14.6. The lowest BCUT2D eigenvalue weighted by molar-refractivity contribution is 0.316. The first-order chi connectivity index (χ1) is 12.1. The molecular formula is C17H20N4O3S. The van der Waals surface area contributed by atoms with Gasteiger partial charge in [-0.25, -0.2) is 4.31 Å². The highest BCUT2D eigenvalue weighted by molar-refractivity contribution is 7.95. The molecule has 132 valence electrons. The molecule has 8 heteroatoms. The number of hydrogen-bond donors (Lipinski definition) is 2. The van der Waals surface area contributed by atoms with Gasteiger partial charge in [0, 0.05) is 19.5 Å². The Balaban J connectivity index is 1.98. The second-order valence-electron chi connectivity index (χ2n) is 5.62. The standard InChI is InChI=1S/C17H20N4O3S/c1-18-13-14(19-22)11-12-20-16-9-5-6-10-17(16)21(25(20,23)24)15-7-3-2-4-8-15/h2-10,18,22H,11-13H2,1H3/b19-14+. The van der Waals surface area contributed by atoms with Crippen molar-refractivity contribution in [1.29, 1.82) is 0 Å². The number of hydrogen-bond acceptors (Lipinski definition) is 5. The first-order valence-electron chi connectivity index (χ1n) is 7.91. The van der Waals surface area contributed by atoms with Crippen LogP contribution in [0.4, 0.5) is 17.1 Å². The molecule has 25 heavy (non-hydrogen) atoms. The van der Waals surface area contributed by atoms with Crippen LogP contribution in [0.15, 0.2) is 59.8 Å². The molecule has 2 N–H and O–H groups in total. The van der Waals surface area contributed by atoms with Gasteiger partial charge < -0.3 is 10.5 Å². The van der Waals surface area contributed by atoms with Gasteiger partial charge in [-0.05, 0) is 31.3 Å². The Morgan fingerprint density at radius 1 is 1.08 bits per heavy atom. The summed E-state index contributed by atoms with van der Waals surface area (Å²) < 4.78 is 29.0. The molecule has 0 amide bonds. The molecule has 1 aliphatic rings. The van der Waals surface area contributed by atoms with Gasteiger partial charge in [-0.1, -0.05) is 35.5 Å². The SMILES string of the molecule is CNC/C(CCN1c2ccccc2N(c2ccccc2)S1(=O)=O)=N/O. The Hall–Kier alpha value is -2.58. The number of anilines is 3. The maximum absolute atomic E-state index is 13.1. The van der Waals surface area contributed by atoms with Crippen LogP contribution in [-0.2, 0) is 10.2 Å². The lowest BCUT2D eigenvalue weighted by Crippen LogP contribution is -2.37. The molecule has 0 aliphatic carbocycles. The Kier molecular flexibility index (Phi) is 4.91. The minimum absolute atomic E-state index is 0.198. The van der Waals surface area contributed by atoms with E-state index in [4.69, 9.17) is 5.21 Å². The average molecular weight is 360 g/mol. The van der Waals surface area contributed by atoms with Gasteiger partial charge in [-0.3, -0.25) is 4.31 Å². The summed E-state index contributed by atoms with van der Waals surface area (Å²) in [5.41, 5.74) is 2.31. The molecule has 1 aliphatic heterocycles. The number of fused-ring (bicyclic) bond motifs is 1. The topological polar surface area (TPSA) is 85.2 Å². The second kappa shape index (κ2) is 7.12. The van der Waals surface area contributed by atoms with E-state index in [1.165, 1.54) is 8.61 Å². The largest absolute Gasteiger partial charge is 0.411 e. The third-order valence-corrected chi connectivity index (χ3v) is 5.80. The van der Waals surface area contributed by atoms with Crippen molar-refractivity contribution in [3.63, 3.8) is 0 Å². The Labute approximate surface area is 147 Å². The van der Waals surface area contributed by atoms with Crippen molar-refractivity contribution in [3.8, 4) is 0 Å². The third kappa shape index (κ3) is 3.18. The highest BCUT2D eigenvalue weighted by Crippen LogP contribution is 2.44. The lowest BCUT2D eigenvalue weighted by atomic mass is 10.2. The molecule has 0 saturated carbocycles. The van der Waals surface area contributed by atoms with Gasteiger partial charge in [0.1, 0.15) is 0 Å². The molecule has 3 rings (SSSR count). The highest BCUT2D eigenvalue weighted by Gasteiger charge is 2.40. The first-order valence-corrected chi connectivity index (χ1v) is 9.30. The van der Waals surface area contributed by atoms with Crippen LogP contribution in [-0.4, -0.2) is 39.5 Å². The summed E-state index contributed by atoms with van der Waals surface area (Å²) in [5.74, 6) is 0. The monoisotopic (exact) mass is 360 g/mol. The van der Waals surface area contributed by atoms with Crippen molar-refractivity contribution in [2.24, 2.45) is 5.16 Å². The predicted molar refractivity (Wildman–Crippen MR) is 99.1 cm³/mol. The van der Waals surface area contributed by atoms with Crippen molar-refractivity contribution >= 4 is 33.0 Å². The van der Waals surface area contributed by atoms with Gasteiger partial charge in [-0.15, -0.1) is 0 Å². The molecule has 7 nitrogen and oxygen atoms in total. The van der Waals surface area contributed by atoms with Crippen LogP contribution in [0.2, 0.25) is 0 Å². The molecule has 1 heterocycles. The van der Waals surface area contributed by atoms with Crippen LogP contribution in [0.5, 0.6) is 0 Å². The summed E-state index contributed by atoms with van der Waals surface area (Å²) in [7, 11) is -2.01. The van der Waals surface area contributed by atoms with Gasteiger partial charge in [0.2, 0.25) is 0 Å². The normalized spacial score (nSPS) is 16.1. The predicted octanol–water partition coefficient (Wildman–Crippen LogP) is 2.33. The fourth-order valence-electron chi connectivity index (χ4n) is 2.87. The number of nitrogens with one attached hydrogen (secondary N) is 1. The number of nitrogens with zero attached hydrogens (tertiary/aromatic N) is 3. The van der Waals surface area contributed by atoms with Crippen molar-refractivity contribution in [3.05, 3.63) is 54.6 Å². The number of benzene rings is 2. The maximum Gasteiger partial charge on any atom is 0.330 e. The van der Waals surface area contributed by atoms with E-state index in [1.54, 1.807) is 43.4 Å².